The van der Waals surface area contributed by atoms with Crippen LogP contribution in [0.25, 0.3) is 0 Å². The first kappa shape index (κ1) is 16.2. The number of carboxylic acid groups (broad SMARTS) is 1. The van der Waals surface area contributed by atoms with Gasteiger partial charge in [0.25, 0.3) is 0 Å². The highest BCUT2D eigenvalue weighted by atomic mass is 16.4. The first-order valence-electron chi connectivity index (χ1n) is 6.93. The maximum absolute atomic E-state index is 10.3. The summed E-state index contributed by atoms with van der Waals surface area (Å²) < 4.78 is 0. The Morgan fingerprint density at radius 3 is 2.00 bits per heavy atom. The zero-order valence-electron chi connectivity index (χ0n) is 11.0. The van der Waals surface area contributed by atoms with Gasteiger partial charge in [-0.15, -0.1) is 0 Å². The molecule has 0 saturated carbocycles. The summed E-state index contributed by atoms with van der Waals surface area (Å²) in [6.07, 6.45) is 16.3. The van der Waals surface area contributed by atoms with Gasteiger partial charge in [-0.05, 0) is 25.7 Å². The van der Waals surface area contributed by atoms with Crippen LogP contribution in [0.1, 0.15) is 70.6 Å². The fourth-order valence-electron chi connectivity index (χ4n) is 1.74. The molecule has 2 nitrogen and oxygen atoms in total. The van der Waals surface area contributed by atoms with Gasteiger partial charge in [-0.2, -0.15) is 6.42 Å². The van der Waals surface area contributed by atoms with Gasteiger partial charge in [-0.3, -0.25) is 4.79 Å². The second-order valence-electron chi connectivity index (χ2n) is 4.52. The molecule has 0 spiro atoms. The molecular weight excluding hydrogens is 212 g/mol. The molecule has 0 aliphatic carbocycles. The van der Waals surface area contributed by atoms with Crippen LogP contribution >= 0.6 is 0 Å². The Morgan fingerprint density at radius 1 is 0.882 bits per heavy atom. The van der Waals surface area contributed by atoms with Crippen molar-refractivity contribution in [3.05, 3.63) is 19.1 Å². The summed E-state index contributed by atoms with van der Waals surface area (Å²) in [6.45, 7) is 3.82. The van der Waals surface area contributed by atoms with E-state index in [4.69, 9.17) is 5.11 Å². The molecule has 0 unspecified atom stereocenters. The molecule has 17 heavy (non-hydrogen) atoms. The number of rotatable bonds is 12. The van der Waals surface area contributed by atoms with Crippen molar-refractivity contribution < 1.29 is 9.90 Å². The van der Waals surface area contributed by atoms with Crippen molar-refractivity contribution >= 4 is 5.97 Å². The van der Waals surface area contributed by atoms with Crippen molar-refractivity contribution in [2.45, 2.75) is 70.6 Å². The summed E-state index contributed by atoms with van der Waals surface area (Å²) in [5.41, 5.74) is 0. The van der Waals surface area contributed by atoms with E-state index >= 15 is 0 Å². The fraction of sp³-hybridized carbons (Fsp3) is 0.733. The Morgan fingerprint density at radius 2 is 1.41 bits per heavy atom. The number of carboxylic acids is 1. The highest BCUT2D eigenvalue weighted by Crippen LogP contribution is 2.08. The molecule has 0 aromatic heterocycles. The Balaban J connectivity index is 3.05. The molecule has 0 atom stereocenters. The zero-order valence-corrected chi connectivity index (χ0v) is 11.0. The van der Waals surface area contributed by atoms with Crippen LogP contribution in [0.15, 0.2) is 12.2 Å². The fourth-order valence-corrected chi connectivity index (χ4v) is 1.74. The minimum Gasteiger partial charge on any atom is -0.481 e. The second-order valence-corrected chi connectivity index (χ2v) is 4.52. The summed E-state index contributed by atoms with van der Waals surface area (Å²) in [5, 5.41) is 8.46. The van der Waals surface area contributed by atoms with Crippen molar-refractivity contribution in [1.82, 2.24) is 0 Å². The van der Waals surface area contributed by atoms with Gasteiger partial charge in [0, 0.05) is 6.42 Å². The second kappa shape index (κ2) is 13.3. The van der Waals surface area contributed by atoms with Gasteiger partial charge in [0.15, 0.2) is 0 Å². The van der Waals surface area contributed by atoms with Crippen molar-refractivity contribution in [1.29, 1.82) is 0 Å². The Hall–Kier alpha value is -0.790. The molecule has 2 heteroatoms. The number of allylic oxidation sites excluding steroid dienone is 2. The average molecular weight is 239 g/mol. The van der Waals surface area contributed by atoms with Gasteiger partial charge in [-0.1, -0.05) is 44.3 Å². The normalized spacial score (nSPS) is 11.1. The summed E-state index contributed by atoms with van der Waals surface area (Å²) in [5.74, 6) is -0.671. The lowest BCUT2D eigenvalue weighted by Crippen LogP contribution is -1.93. The van der Waals surface area contributed by atoms with Gasteiger partial charge in [0.2, 0.25) is 0 Å². The molecular formula is C15H27O2-. The van der Waals surface area contributed by atoms with E-state index < -0.39 is 5.97 Å². The van der Waals surface area contributed by atoms with E-state index in [-0.39, 0.29) is 0 Å². The third-order valence-corrected chi connectivity index (χ3v) is 2.80. The molecule has 0 heterocycles. The number of aliphatic carboxylic acids is 1. The summed E-state index contributed by atoms with van der Waals surface area (Å²) >= 11 is 0. The Bertz CT molecular complexity index is 197. The minimum atomic E-state index is -0.671. The van der Waals surface area contributed by atoms with E-state index in [1.54, 1.807) is 0 Å². The number of hydrogen-bond donors (Lipinski definition) is 1. The molecule has 1 N–H and O–H groups in total. The number of hydrogen-bond acceptors (Lipinski definition) is 1. The molecule has 0 aliphatic rings. The predicted molar refractivity (Wildman–Crippen MR) is 72.9 cm³/mol. The molecule has 0 bridgehead atoms. The van der Waals surface area contributed by atoms with Crippen LogP contribution in [0.5, 0.6) is 0 Å². The third kappa shape index (κ3) is 15.2. The minimum absolute atomic E-state index is 0.326. The largest absolute Gasteiger partial charge is 0.481 e. The monoisotopic (exact) mass is 239 g/mol. The van der Waals surface area contributed by atoms with Crippen LogP contribution in [0.3, 0.4) is 0 Å². The van der Waals surface area contributed by atoms with Crippen molar-refractivity contribution in [2.24, 2.45) is 0 Å². The van der Waals surface area contributed by atoms with Gasteiger partial charge < -0.3 is 12.0 Å². The zero-order chi connectivity index (χ0) is 12.8. The maximum Gasteiger partial charge on any atom is 0.303 e. The molecule has 0 aromatic rings. The maximum atomic E-state index is 10.3. The standard InChI is InChI=1S/C15H27O2/c1-2-3-4-5-6-7-8-9-10-11-12-13-14-15(16)17/h6-7H,1-5,8-14H2,(H,16,17)/q-1/b7-6+. The topological polar surface area (TPSA) is 37.3 Å². The predicted octanol–water partition coefficient (Wildman–Crippen LogP) is 4.75. The van der Waals surface area contributed by atoms with Crippen molar-refractivity contribution in [3.63, 3.8) is 0 Å². The van der Waals surface area contributed by atoms with Gasteiger partial charge >= 0.3 is 5.97 Å². The van der Waals surface area contributed by atoms with E-state index in [2.05, 4.69) is 19.1 Å². The summed E-state index contributed by atoms with van der Waals surface area (Å²) in [6, 6.07) is 0. The lowest BCUT2D eigenvalue weighted by atomic mass is 10.1. The van der Waals surface area contributed by atoms with Gasteiger partial charge in [0.05, 0.1) is 0 Å². The highest BCUT2D eigenvalue weighted by Gasteiger charge is 1.95. The van der Waals surface area contributed by atoms with Gasteiger partial charge in [-0.25, -0.2) is 0 Å². The molecule has 0 saturated heterocycles. The Kier molecular flexibility index (Phi) is 12.7. The van der Waals surface area contributed by atoms with Gasteiger partial charge in [0.1, 0.15) is 0 Å². The smallest absolute Gasteiger partial charge is 0.303 e. The first-order chi connectivity index (χ1) is 8.27. The summed E-state index contributed by atoms with van der Waals surface area (Å²) in [4.78, 5) is 10.3. The van der Waals surface area contributed by atoms with Crippen molar-refractivity contribution in [3.8, 4) is 0 Å². The van der Waals surface area contributed by atoms with Crippen LogP contribution in [-0.4, -0.2) is 11.1 Å². The van der Waals surface area contributed by atoms with E-state index in [1.807, 2.05) is 0 Å². The number of unbranched alkanes of at least 4 members (excludes halogenated alkanes) is 8. The average Bonchev–Trinajstić information content (AvgIpc) is 2.30. The van der Waals surface area contributed by atoms with Crippen LogP contribution in [0, 0.1) is 6.92 Å². The molecule has 0 aliphatic heterocycles. The molecule has 100 valence electrons. The molecule has 0 aromatic carbocycles. The van der Waals surface area contributed by atoms with E-state index in [0.717, 1.165) is 19.3 Å². The highest BCUT2D eigenvalue weighted by molar-refractivity contribution is 5.66. The van der Waals surface area contributed by atoms with Crippen LogP contribution in [-0.2, 0) is 4.79 Å². The van der Waals surface area contributed by atoms with Crippen LogP contribution < -0.4 is 0 Å². The summed E-state index contributed by atoms with van der Waals surface area (Å²) in [7, 11) is 0. The molecule has 0 fully saturated rings. The molecule has 0 amide bonds. The first-order valence-corrected chi connectivity index (χ1v) is 6.93. The molecule has 0 radical (unpaired) electrons. The number of carbonyl (C=O) groups is 1. The lowest BCUT2D eigenvalue weighted by Gasteiger charge is -1.98. The van der Waals surface area contributed by atoms with E-state index in [1.165, 1.54) is 44.9 Å². The SMILES string of the molecule is [CH2-]CCCC/C=C/CCCCCCCC(=O)O. The third-order valence-electron chi connectivity index (χ3n) is 2.80. The van der Waals surface area contributed by atoms with Crippen LogP contribution in [0.4, 0.5) is 0 Å². The van der Waals surface area contributed by atoms with Crippen LogP contribution in [0.2, 0.25) is 0 Å². The molecule has 0 rings (SSSR count). The Labute approximate surface area is 106 Å². The van der Waals surface area contributed by atoms with Crippen molar-refractivity contribution in [2.75, 3.05) is 0 Å². The quantitative estimate of drug-likeness (QED) is 0.303. The lowest BCUT2D eigenvalue weighted by molar-refractivity contribution is -0.137. The van der Waals surface area contributed by atoms with E-state index in [0.29, 0.717) is 6.42 Å². The van der Waals surface area contributed by atoms with E-state index in [9.17, 15) is 4.79 Å².